The van der Waals surface area contributed by atoms with E-state index in [9.17, 15) is 30.4 Å². The van der Waals surface area contributed by atoms with E-state index in [-0.39, 0.29) is 12.0 Å². The van der Waals surface area contributed by atoms with E-state index in [1.165, 1.54) is 10.9 Å². The van der Waals surface area contributed by atoms with E-state index in [4.69, 9.17) is 5.14 Å². The topological polar surface area (TPSA) is 90.9 Å². The Kier molecular flexibility index (Phi) is 4.99. The van der Waals surface area contributed by atoms with Crippen molar-refractivity contribution in [1.29, 1.82) is 0 Å². The van der Waals surface area contributed by atoms with Gasteiger partial charge in [-0.05, 0) is 37.0 Å². The highest BCUT2D eigenvalue weighted by atomic mass is 32.2. The molecule has 1 aliphatic rings. The number of aryl methyl sites for hydroxylation is 1. The van der Waals surface area contributed by atoms with Crippen LogP contribution in [-0.4, -0.2) is 29.1 Å². The number of hydrogen-bond donors (Lipinski definition) is 1. The van der Waals surface area contributed by atoms with E-state index < -0.39 is 57.4 Å². The lowest BCUT2D eigenvalue weighted by molar-refractivity contribution is -0.137. The van der Waals surface area contributed by atoms with Crippen LogP contribution in [0.1, 0.15) is 48.2 Å². The molecule has 1 aliphatic carbocycles. The Hall–Kier alpha value is -2.08. The van der Waals surface area contributed by atoms with Crippen LogP contribution >= 0.6 is 0 Å². The van der Waals surface area contributed by atoms with E-state index in [0.29, 0.717) is 18.0 Å². The second-order valence-electron chi connectivity index (χ2n) is 6.93. The number of hydrogen-bond acceptors (Lipinski definition) is 4. The van der Waals surface area contributed by atoms with Crippen LogP contribution in [0.15, 0.2) is 29.4 Å². The molecule has 0 bridgehead atoms. The zero-order valence-corrected chi connectivity index (χ0v) is 15.4. The van der Waals surface area contributed by atoms with Gasteiger partial charge in [0.1, 0.15) is 12.2 Å². The van der Waals surface area contributed by atoms with Crippen LogP contribution in [0, 0.1) is 6.92 Å². The fraction of sp³-hybridized carbons (Fsp3) is 0.500. The molecule has 0 amide bonds. The van der Waals surface area contributed by atoms with Gasteiger partial charge in [0.25, 0.3) is 5.92 Å². The predicted molar refractivity (Wildman–Crippen MR) is 88.2 cm³/mol. The minimum Gasteiger partial charge on any atom is -0.314 e. The summed E-state index contributed by atoms with van der Waals surface area (Å²) in [6, 6.07) is 1.26. The Morgan fingerprint density at radius 2 is 1.93 bits per heavy atom. The molecule has 1 saturated carbocycles. The second kappa shape index (κ2) is 6.76. The van der Waals surface area contributed by atoms with Gasteiger partial charge < -0.3 is 4.57 Å². The molecule has 6 nitrogen and oxygen atoms in total. The molecular formula is C16H17F5N4O2S. The second-order valence-corrected chi connectivity index (χ2v) is 8.46. The lowest BCUT2D eigenvalue weighted by Crippen LogP contribution is -2.33. The van der Waals surface area contributed by atoms with Crippen LogP contribution < -0.4 is 5.14 Å². The van der Waals surface area contributed by atoms with Crippen LogP contribution in [0.2, 0.25) is 0 Å². The molecule has 2 atom stereocenters. The SMILES string of the molecule is Cc1nncn1[C@H]1C[C@@H](c2ccc(C(F)(F)F)cc2S(N)(=O)=O)CC(F)(F)C1. The van der Waals surface area contributed by atoms with Gasteiger partial charge in [-0.15, -0.1) is 10.2 Å². The van der Waals surface area contributed by atoms with E-state index in [2.05, 4.69) is 10.2 Å². The molecule has 1 heterocycles. The number of sulfonamides is 1. The molecule has 0 spiro atoms. The summed E-state index contributed by atoms with van der Waals surface area (Å²) in [4.78, 5) is -0.788. The first-order valence-corrected chi connectivity index (χ1v) is 9.80. The van der Waals surface area contributed by atoms with Gasteiger partial charge in [0.15, 0.2) is 0 Å². The summed E-state index contributed by atoms with van der Waals surface area (Å²) >= 11 is 0. The maximum Gasteiger partial charge on any atom is 0.416 e. The quantitative estimate of drug-likeness (QED) is 0.765. The third kappa shape index (κ3) is 4.17. The van der Waals surface area contributed by atoms with Gasteiger partial charge in [-0.3, -0.25) is 0 Å². The van der Waals surface area contributed by atoms with Crippen molar-refractivity contribution in [2.24, 2.45) is 5.14 Å². The van der Waals surface area contributed by atoms with Gasteiger partial charge in [0.2, 0.25) is 10.0 Å². The molecule has 3 rings (SSSR count). The van der Waals surface area contributed by atoms with Gasteiger partial charge in [-0.2, -0.15) is 13.2 Å². The van der Waals surface area contributed by atoms with Crippen molar-refractivity contribution in [2.45, 2.75) is 55.1 Å². The summed E-state index contributed by atoms with van der Waals surface area (Å²) in [5, 5.41) is 12.5. The van der Waals surface area contributed by atoms with Gasteiger partial charge >= 0.3 is 6.18 Å². The Bertz CT molecular complexity index is 987. The molecule has 12 heteroatoms. The molecule has 1 aromatic heterocycles. The minimum absolute atomic E-state index is 0.0857. The third-order valence-electron chi connectivity index (χ3n) is 4.87. The van der Waals surface area contributed by atoms with Gasteiger partial charge in [0.05, 0.1) is 10.5 Å². The van der Waals surface area contributed by atoms with Crippen molar-refractivity contribution >= 4 is 10.0 Å². The number of halogens is 5. The normalized spacial score (nSPS) is 23.0. The Balaban J connectivity index is 2.07. The van der Waals surface area contributed by atoms with Crippen LogP contribution in [0.4, 0.5) is 22.0 Å². The smallest absolute Gasteiger partial charge is 0.314 e. The monoisotopic (exact) mass is 424 g/mol. The highest BCUT2D eigenvalue weighted by Gasteiger charge is 2.44. The van der Waals surface area contributed by atoms with Crippen LogP contribution in [0.5, 0.6) is 0 Å². The molecule has 0 radical (unpaired) electrons. The Morgan fingerprint density at radius 3 is 2.46 bits per heavy atom. The summed E-state index contributed by atoms with van der Waals surface area (Å²) < 4.78 is 93.0. The fourth-order valence-electron chi connectivity index (χ4n) is 3.69. The highest BCUT2D eigenvalue weighted by Crippen LogP contribution is 2.48. The van der Waals surface area contributed by atoms with E-state index in [1.807, 2.05) is 0 Å². The molecule has 28 heavy (non-hydrogen) atoms. The zero-order chi connectivity index (χ0) is 20.9. The zero-order valence-electron chi connectivity index (χ0n) is 14.6. The lowest BCUT2D eigenvalue weighted by Gasteiger charge is -2.36. The molecule has 1 aromatic carbocycles. The molecular weight excluding hydrogens is 407 g/mol. The number of benzene rings is 1. The first-order valence-electron chi connectivity index (χ1n) is 8.26. The summed E-state index contributed by atoms with van der Waals surface area (Å²) in [5.41, 5.74) is -1.36. The van der Waals surface area contributed by atoms with Crippen molar-refractivity contribution < 1.29 is 30.4 Å². The van der Waals surface area contributed by atoms with Crippen molar-refractivity contribution in [3.05, 3.63) is 41.5 Å². The van der Waals surface area contributed by atoms with Gasteiger partial charge in [-0.1, -0.05) is 6.07 Å². The first kappa shape index (κ1) is 20.6. The number of rotatable bonds is 3. The summed E-state index contributed by atoms with van der Waals surface area (Å²) in [6.45, 7) is 1.59. The minimum atomic E-state index is -4.80. The number of primary sulfonamides is 1. The van der Waals surface area contributed by atoms with Crippen LogP contribution in [0.25, 0.3) is 0 Å². The van der Waals surface area contributed by atoms with Crippen molar-refractivity contribution in [3.8, 4) is 0 Å². The highest BCUT2D eigenvalue weighted by molar-refractivity contribution is 7.89. The van der Waals surface area contributed by atoms with Crippen LogP contribution in [0.3, 0.4) is 0 Å². The number of nitrogens with zero attached hydrogens (tertiary/aromatic N) is 3. The molecule has 2 aromatic rings. The summed E-state index contributed by atoms with van der Waals surface area (Å²) in [7, 11) is -4.56. The van der Waals surface area contributed by atoms with E-state index >= 15 is 0 Å². The average Bonchev–Trinajstić information content (AvgIpc) is 2.97. The molecule has 2 N–H and O–H groups in total. The number of nitrogens with two attached hydrogens (primary N) is 1. The standard InChI is InChI=1S/C16H17F5N4O2S/c1-9-24-23-8-25(9)12-4-10(6-15(17,18)7-12)13-3-2-11(16(19,20)21)5-14(13)28(22,26)27/h2-3,5,8,10,12H,4,6-7H2,1H3,(H2,22,26,27)/t10-,12+/m1/s1. The Labute approximate surface area is 157 Å². The van der Waals surface area contributed by atoms with Crippen molar-refractivity contribution in [2.75, 3.05) is 0 Å². The average molecular weight is 424 g/mol. The summed E-state index contributed by atoms with van der Waals surface area (Å²) in [6.07, 6.45) is -4.61. The fourth-order valence-corrected chi connectivity index (χ4v) is 4.54. The molecule has 0 saturated heterocycles. The number of alkyl halides is 5. The van der Waals surface area contributed by atoms with Crippen molar-refractivity contribution in [3.63, 3.8) is 0 Å². The van der Waals surface area contributed by atoms with Crippen molar-refractivity contribution in [1.82, 2.24) is 14.8 Å². The molecule has 0 aliphatic heterocycles. The molecule has 154 valence electrons. The Morgan fingerprint density at radius 1 is 1.25 bits per heavy atom. The van der Waals surface area contributed by atoms with Crippen LogP contribution in [-0.2, 0) is 16.2 Å². The molecule has 0 unspecified atom stereocenters. The van der Waals surface area contributed by atoms with Gasteiger partial charge in [0, 0.05) is 18.9 Å². The third-order valence-corrected chi connectivity index (χ3v) is 5.84. The van der Waals surface area contributed by atoms with Gasteiger partial charge in [-0.25, -0.2) is 22.3 Å². The number of aromatic nitrogens is 3. The maximum absolute atomic E-state index is 14.4. The van der Waals surface area contributed by atoms with E-state index in [1.54, 1.807) is 6.92 Å². The predicted octanol–water partition coefficient (Wildman–Crippen LogP) is 3.40. The largest absolute Gasteiger partial charge is 0.416 e. The summed E-state index contributed by atoms with van der Waals surface area (Å²) in [5.74, 6) is -3.76. The van der Waals surface area contributed by atoms with E-state index in [0.717, 1.165) is 6.07 Å². The first-order chi connectivity index (χ1) is 12.8. The molecule has 1 fully saturated rings. The lowest BCUT2D eigenvalue weighted by atomic mass is 9.79. The maximum atomic E-state index is 14.4.